The summed E-state index contributed by atoms with van der Waals surface area (Å²) >= 11 is 7.49. The highest BCUT2D eigenvalue weighted by molar-refractivity contribution is 7.99. The van der Waals surface area contributed by atoms with Crippen molar-refractivity contribution in [2.75, 3.05) is 6.16 Å². The zero-order valence-electron chi connectivity index (χ0n) is 15.6. The highest BCUT2D eigenvalue weighted by Crippen LogP contribution is 2.39. The monoisotopic (exact) mass is 467 g/mol. The molecule has 2 rings (SSSR count). The van der Waals surface area contributed by atoms with Gasteiger partial charge in [0.2, 0.25) is 0 Å². The maximum atomic E-state index is 12.8. The standard InChI is InChI=1S/C19H22ClF3NO3PS/c1-18(24,12-28(25,26)27)9-3-4-13-7-8-16(11-17(13)20)29-15-6-2-5-14(10-15)19(21,22)23/h2,5-8,10-11H,3-4,9,12,24H2,1H3,(H2,25,26,27)/t18-/m1/s1. The number of alkyl halides is 3. The van der Waals surface area contributed by atoms with Crippen molar-refractivity contribution in [2.24, 2.45) is 5.73 Å². The number of rotatable bonds is 8. The van der Waals surface area contributed by atoms with Gasteiger partial charge in [-0.15, -0.1) is 0 Å². The van der Waals surface area contributed by atoms with Crippen molar-refractivity contribution in [3.8, 4) is 0 Å². The fourth-order valence-electron chi connectivity index (χ4n) is 2.90. The molecule has 2 aromatic rings. The van der Waals surface area contributed by atoms with Gasteiger partial charge in [-0.05, 0) is 62.1 Å². The summed E-state index contributed by atoms with van der Waals surface area (Å²) < 4.78 is 49.6. The minimum atomic E-state index is -4.39. The lowest BCUT2D eigenvalue weighted by atomic mass is 9.96. The molecule has 0 heterocycles. The Kier molecular flexibility index (Phi) is 7.87. The van der Waals surface area contributed by atoms with Crippen molar-refractivity contribution in [3.05, 3.63) is 58.6 Å². The van der Waals surface area contributed by atoms with Gasteiger partial charge >= 0.3 is 13.8 Å². The van der Waals surface area contributed by atoms with Crippen LogP contribution in [0.25, 0.3) is 0 Å². The Morgan fingerprint density at radius 1 is 1.14 bits per heavy atom. The second-order valence-corrected chi connectivity index (χ2v) is 10.4. The van der Waals surface area contributed by atoms with Crippen LogP contribution < -0.4 is 5.73 Å². The summed E-state index contributed by atoms with van der Waals surface area (Å²) in [5, 5.41) is 0.482. The molecule has 0 bridgehead atoms. The van der Waals surface area contributed by atoms with E-state index in [-0.39, 0.29) is 6.16 Å². The summed E-state index contributed by atoms with van der Waals surface area (Å²) in [6, 6.07) is 10.4. The van der Waals surface area contributed by atoms with E-state index in [1.165, 1.54) is 17.8 Å². The summed E-state index contributed by atoms with van der Waals surface area (Å²) in [4.78, 5) is 19.3. The molecule has 4 nitrogen and oxygen atoms in total. The van der Waals surface area contributed by atoms with Gasteiger partial charge in [0.05, 0.1) is 11.7 Å². The first-order chi connectivity index (χ1) is 13.3. The van der Waals surface area contributed by atoms with Gasteiger partial charge in [0.15, 0.2) is 0 Å². The molecule has 0 saturated heterocycles. The molecule has 0 spiro atoms. The van der Waals surface area contributed by atoms with E-state index >= 15 is 0 Å². The molecule has 4 N–H and O–H groups in total. The fourth-order valence-corrected chi connectivity index (χ4v) is 5.25. The number of hydrogen-bond donors (Lipinski definition) is 3. The number of nitrogens with two attached hydrogens (primary N) is 1. The lowest BCUT2D eigenvalue weighted by molar-refractivity contribution is -0.137. The van der Waals surface area contributed by atoms with Crippen LogP contribution in [0.4, 0.5) is 13.2 Å². The Hall–Kier alpha value is -1.02. The molecule has 10 heteroatoms. The van der Waals surface area contributed by atoms with E-state index in [2.05, 4.69) is 0 Å². The molecule has 2 aromatic carbocycles. The Labute approximate surface area is 176 Å². The van der Waals surface area contributed by atoms with Gasteiger partial charge in [0.25, 0.3) is 0 Å². The topological polar surface area (TPSA) is 83.6 Å². The molecule has 0 radical (unpaired) electrons. The van der Waals surface area contributed by atoms with E-state index in [4.69, 9.17) is 27.1 Å². The Morgan fingerprint density at radius 3 is 2.38 bits per heavy atom. The third kappa shape index (κ3) is 8.32. The molecule has 0 aliphatic rings. The first-order valence-electron chi connectivity index (χ1n) is 8.72. The van der Waals surface area contributed by atoms with Crippen molar-refractivity contribution in [3.63, 3.8) is 0 Å². The summed E-state index contributed by atoms with van der Waals surface area (Å²) in [7, 11) is -4.19. The van der Waals surface area contributed by atoms with Crippen molar-refractivity contribution >= 4 is 31.0 Å². The summed E-state index contributed by atoms with van der Waals surface area (Å²) in [6.45, 7) is 1.60. The second-order valence-electron chi connectivity index (χ2n) is 7.21. The van der Waals surface area contributed by atoms with Crippen LogP contribution in [0.2, 0.25) is 5.02 Å². The van der Waals surface area contributed by atoms with Gasteiger partial charge in [-0.1, -0.05) is 35.5 Å². The predicted octanol–water partition coefficient (Wildman–Crippen LogP) is 5.73. The van der Waals surface area contributed by atoms with Crippen molar-refractivity contribution in [1.29, 1.82) is 0 Å². The molecule has 0 aliphatic carbocycles. The third-order valence-electron chi connectivity index (χ3n) is 4.18. The van der Waals surface area contributed by atoms with Crippen molar-refractivity contribution in [2.45, 2.75) is 47.7 Å². The highest BCUT2D eigenvalue weighted by atomic mass is 35.5. The molecule has 160 valence electrons. The Bertz CT molecular complexity index is 903. The zero-order chi connectivity index (χ0) is 21.9. The first kappa shape index (κ1) is 24.3. The van der Waals surface area contributed by atoms with Crippen LogP contribution >= 0.6 is 31.0 Å². The zero-order valence-corrected chi connectivity index (χ0v) is 18.1. The van der Waals surface area contributed by atoms with Crippen LogP contribution in [0.15, 0.2) is 52.3 Å². The Morgan fingerprint density at radius 2 is 1.79 bits per heavy atom. The number of benzene rings is 2. The minimum Gasteiger partial charge on any atom is -0.325 e. The van der Waals surface area contributed by atoms with Crippen LogP contribution in [0, 0.1) is 0 Å². The summed E-state index contributed by atoms with van der Waals surface area (Å²) in [5.74, 6) is 0. The molecule has 0 unspecified atom stereocenters. The van der Waals surface area contributed by atoms with Crippen LogP contribution in [0.1, 0.15) is 30.9 Å². The minimum absolute atomic E-state index is 0.389. The number of aryl methyl sites for hydroxylation is 1. The normalized spacial score (nSPS) is 14.6. The lowest BCUT2D eigenvalue weighted by Gasteiger charge is -2.24. The van der Waals surface area contributed by atoms with Gasteiger partial charge in [-0.2, -0.15) is 13.2 Å². The largest absolute Gasteiger partial charge is 0.416 e. The molecule has 0 amide bonds. The molecule has 0 saturated carbocycles. The van der Waals surface area contributed by atoms with E-state index in [9.17, 15) is 17.7 Å². The fraction of sp³-hybridized carbons (Fsp3) is 0.368. The van der Waals surface area contributed by atoms with E-state index in [1.54, 1.807) is 31.2 Å². The second kappa shape index (κ2) is 9.41. The maximum absolute atomic E-state index is 12.8. The van der Waals surface area contributed by atoms with Crippen LogP contribution in [-0.2, 0) is 17.2 Å². The smallest absolute Gasteiger partial charge is 0.325 e. The molecular formula is C19H22ClF3NO3PS. The van der Waals surface area contributed by atoms with Crippen LogP contribution in [0.3, 0.4) is 0 Å². The number of halogens is 4. The van der Waals surface area contributed by atoms with E-state index in [0.29, 0.717) is 34.1 Å². The van der Waals surface area contributed by atoms with Gasteiger partial charge < -0.3 is 15.5 Å². The Balaban J connectivity index is 1.99. The van der Waals surface area contributed by atoms with E-state index < -0.39 is 24.9 Å². The molecule has 0 aliphatic heterocycles. The van der Waals surface area contributed by atoms with Gasteiger partial charge in [-0.25, -0.2) is 0 Å². The summed E-state index contributed by atoms with van der Waals surface area (Å²) in [5.41, 5.74) is 5.10. The van der Waals surface area contributed by atoms with Gasteiger partial charge in [-0.3, -0.25) is 4.57 Å². The van der Waals surface area contributed by atoms with Crippen LogP contribution in [-0.4, -0.2) is 21.5 Å². The van der Waals surface area contributed by atoms with E-state index in [0.717, 1.165) is 17.7 Å². The SMILES string of the molecule is C[C@@](N)(CCCc1ccc(Sc2cccc(C(F)(F)F)c2)cc1Cl)CP(=O)(O)O. The molecular weight excluding hydrogens is 446 g/mol. The maximum Gasteiger partial charge on any atom is 0.416 e. The molecule has 0 aromatic heterocycles. The van der Waals surface area contributed by atoms with E-state index in [1.807, 2.05) is 0 Å². The average molecular weight is 468 g/mol. The number of hydrogen-bond acceptors (Lipinski definition) is 3. The highest BCUT2D eigenvalue weighted by Gasteiger charge is 2.30. The first-order valence-corrected chi connectivity index (χ1v) is 11.7. The van der Waals surface area contributed by atoms with Gasteiger partial charge in [0, 0.05) is 20.4 Å². The average Bonchev–Trinajstić information content (AvgIpc) is 2.54. The third-order valence-corrected chi connectivity index (χ3v) is 6.65. The van der Waals surface area contributed by atoms with Crippen LogP contribution in [0.5, 0.6) is 0 Å². The lowest BCUT2D eigenvalue weighted by Crippen LogP contribution is -2.40. The summed E-state index contributed by atoms with van der Waals surface area (Å²) in [6.07, 6.45) is -3.21. The molecule has 0 fully saturated rings. The van der Waals surface area contributed by atoms with Gasteiger partial charge in [0.1, 0.15) is 0 Å². The van der Waals surface area contributed by atoms with Crippen molar-refractivity contribution < 1.29 is 27.5 Å². The molecule has 1 atom stereocenters. The quantitative estimate of drug-likeness (QED) is 0.432. The van der Waals surface area contributed by atoms with Crippen molar-refractivity contribution in [1.82, 2.24) is 0 Å². The molecule has 29 heavy (non-hydrogen) atoms. The predicted molar refractivity (Wildman–Crippen MR) is 109 cm³/mol.